The summed E-state index contributed by atoms with van der Waals surface area (Å²) in [6, 6.07) is 2.72. The van der Waals surface area contributed by atoms with Gasteiger partial charge in [-0.05, 0) is 41.9 Å². The van der Waals surface area contributed by atoms with Gasteiger partial charge in [0.05, 0.1) is 4.75 Å². The van der Waals surface area contributed by atoms with Crippen molar-refractivity contribution in [2.45, 2.75) is 43.8 Å². The molecule has 2 rings (SSSR count). The summed E-state index contributed by atoms with van der Waals surface area (Å²) < 4.78 is 51.6. The van der Waals surface area contributed by atoms with Crippen LogP contribution >= 0.6 is 0 Å². The monoisotopic (exact) mass is 343 g/mol. The average molecular weight is 343 g/mol. The van der Waals surface area contributed by atoms with Gasteiger partial charge in [-0.3, -0.25) is 0 Å². The average Bonchev–Trinajstić information content (AvgIpc) is 3.08. The van der Waals surface area contributed by atoms with E-state index in [1.54, 1.807) is 26.8 Å². The van der Waals surface area contributed by atoms with E-state index in [9.17, 15) is 17.2 Å². The van der Waals surface area contributed by atoms with Crippen molar-refractivity contribution in [1.82, 2.24) is 0 Å². The zero-order valence-electron chi connectivity index (χ0n) is 13.9. The van der Waals surface area contributed by atoms with E-state index in [4.69, 9.17) is 5.73 Å². The van der Waals surface area contributed by atoms with Crippen LogP contribution in [0.25, 0.3) is 0 Å². The van der Waals surface area contributed by atoms with E-state index in [0.29, 0.717) is 12.0 Å². The van der Waals surface area contributed by atoms with Gasteiger partial charge in [0.25, 0.3) is 0 Å². The van der Waals surface area contributed by atoms with Gasteiger partial charge in [0.15, 0.2) is 21.5 Å². The van der Waals surface area contributed by atoms with Crippen LogP contribution in [0.4, 0.5) is 8.78 Å². The van der Waals surface area contributed by atoms with E-state index in [0.717, 1.165) is 6.07 Å². The predicted molar refractivity (Wildman–Crippen MR) is 87.7 cm³/mol. The highest BCUT2D eigenvalue weighted by Crippen LogP contribution is 2.61. The molecule has 1 fully saturated rings. The molecule has 0 bridgehead atoms. The molecule has 1 aliphatic carbocycles. The van der Waals surface area contributed by atoms with Crippen molar-refractivity contribution in [1.29, 1.82) is 0 Å². The second kappa shape index (κ2) is 5.30. The lowest BCUT2D eigenvalue weighted by atomic mass is 9.77. The zero-order chi connectivity index (χ0) is 17.8. The lowest BCUT2D eigenvalue weighted by molar-refractivity contribution is 0.391. The molecular formula is C17H23F2NO2S. The third-order valence-corrected chi connectivity index (χ3v) is 7.10. The Balaban J connectivity index is 2.52. The molecule has 0 radical (unpaired) electrons. The van der Waals surface area contributed by atoms with E-state index in [-0.39, 0.29) is 23.6 Å². The fourth-order valence-electron chi connectivity index (χ4n) is 3.70. The predicted octanol–water partition coefficient (Wildman–Crippen LogP) is 3.22. The minimum atomic E-state index is -3.42. The van der Waals surface area contributed by atoms with Gasteiger partial charge in [-0.15, -0.1) is 0 Å². The molecule has 1 unspecified atom stereocenters. The Kier molecular flexibility index (Phi) is 4.13. The molecular weight excluding hydrogens is 320 g/mol. The highest BCUT2D eigenvalue weighted by atomic mass is 32.2. The summed E-state index contributed by atoms with van der Waals surface area (Å²) in [6.07, 6.45) is 1.67. The van der Waals surface area contributed by atoms with Gasteiger partial charge in [-0.2, -0.15) is 0 Å². The smallest absolute Gasteiger partial charge is 0.162 e. The Morgan fingerprint density at radius 2 is 2.00 bits per heavy atom. The summed E-state index contributed by atoms with van der Waals surface area (Å²) in [6.45, 7) is 8.79. The molecule has 128 valence electrons. The van der Waals surface area contributed by atoms with Crippen molar-refractivity contribution in [3.8, 4) is 0 Å². The number of sulfone groups is 1. The standard InChI is InChI=1S/C17H23F2NO2S/c1-10-6-12(15(19)13(18)7-10)16(3,4)14-9-17(14,8-11(2)20)23(5,21)22/h6-7,14H,2,8-9,20H2,1,3-5H3/t14?,17-/m1/s1. The number of halogens is 2. The van der Waals surface area contributed by atoms with Crippen LogP contribution in [-0.2, 0) is 15.3 Å². The maximum absolute atomic E-state index is 14.3. The van der Waals surface area contributed by atoms with Gasteiger partial charge in [-0.25, -0.2) is 17.2 Å². The second-order valence-electron chi connectivity index (χ2n) is 7.26. The third kappa shape index (κ3) is 2.89. The molecule has 1 aromatic carbocycles. The van der Waals surface area contributed by atoms with Crippen molar-refractivity contribution >= 4 is 9.84 Å². The topological polar surface area (TPSA) is 60.2 Å². The summed E-state index contributed by atoms with van der Waals surface area (Å²) >= 11 is 0. The summed E-state index contributed by atoms with van der Waals surface area (Å²) in [5.41, 5.74) is 5.89. The molecule has 0 amide bonds. The van der Waals surface area contributed by atoms with E-state index >= 15 is 0 Å². The largest absolute Gasteiger partial charge is 0.402 e. The fraction of sp³-hybridized carbons (Fsp3) is 0.529. The van der Waals surface area contributed by atoms with Crippen LogP contribution in [0.1, 0.15) is 37.8 Å². The normalized spacial score (nSPS) is 24.5. The van der Waals surface area contributed by atoms with Gasteiger partial charge < -0.3 is 5.73 Å². The summed E-state index contributed by atoms with van der Waals surface area (Å²) in [5, 5.41) is 0. The molecule has 1 saturated carbocycles. The van der Waals surface area contributed by atoms with Crippen molar-refractivity contribution in [2.24, 2.45) is 11.7 Å². The molecule has 0 saturated heterocycles. The SMILES string of the molecule is C=C(N)C[C@@]1(S(C)(=O)=O)CC1C(C)(C)c1cc(C)cc(F)c1F. The zero-order valence-corrected chi connectivity index (χ0v) is 14.7. The summed E-state index contributed by atoms with van der Waals surface area (Å²) in [5.74, 6) is -2.18. The number of hydrogen-bond donors (Lipinski definition) is 1. The third-order valence-electron chi connectivity index (χ3n) is 5.03. The quantitative estimate of drug-likeness (QED) is 0.893. The molecule has 2 atom stereocenters. The van der Waals surface area contributed by atoms with Crippen molar-refractivity contribution < 1.29 is 17.2 Å². The molecule has 3 nitrogen and oxygen atoms in total. The molecule has 1 aliphatic rings. The van der Waals surface area contributed by atoms with E-state index in [1.165, 1.54) is 6.26 Å². The molecule has 6 heteroatoms. The number of benzene rings is 1. The molecule has 2 N–H and O–H groups in total. The first-order chi connectivity index (χ1) is 10.3. The van der Waals surface area contributed by atoms with Crippen molar-refractivity contribution in [3.05, 3.63) is 47.2 Å². The van der Waals surface area contributed by atoms with Crippen LogP contribution in [0.2, 0.25) is 0 Å². The first kappa shape index (κ1) is 17.9. The number of nitrogens with two attached hydrogens (primary N) is 1. The second-order valence-corrected chi connectivity index (χ2v) is 9.62. The summed E-state index contributed by atoms with van der Waals surface area (Å²) in [4.78, 5) is 0. The van der Waals surface area contributed by atoms with Crippen LogP contribution < -0.4 is 5.73 Å². The Morgan fingerprint density at radius 3 is 2.48 bits per heavy atom. The Bertz CT molecular complexity index is 771. The van der Waals surface area contributed by atoms with Gasteiger partial charge in [0, 0.05) is 18.4 Å². The number of hydrogen-bond acceptors (Lipinski definition) is 3. The number of allylic oxidation sites excluding steroid dienone is 1. The van der Waals surface area contributed by atoms with Crippen LogP contribution in [0.15, 0.2) is 24.4 Å². The fourth-order valence-corrected chi connectivity index (χ4v) is 5.43. The van der Waals surface area contributed by atoms with Gasteiger partial charge in [-0.1, -0.05) is 26.5 Å². The van der Waals surface area contributed by atoms with Crippen LogP contribution in [0.5, 0.6) is 0 Å². The number of aryl methyl sites for hydroxylation is 1. The lowest BCUT2D eigenvalue weighted by Crippen LogP contribution is -2.34. The molecule has 0 heterocycles. The lowest BCUT2D eigenvalue weighted by Gasteiger charge is -2.30. The Morgan fingerprint density at radius 1 is 1.43 bits per heavy atom. The van der Waals surface area contributed by atoms with Gasteiger partial charge >= 0.3 is 0 Å². The van der Waals surface area contributed by atoms with Crippen molar-refractivity contribution in [3.63, 3.8) is 0 Å². The van der Waals surface area contributed by atoms with E-state index in [1.807, 2.05) is 0 Å². The van der Waals surface area contributed by atoms with Crippen molar-refractivity contribution in [2.75, 3.05) is 6.26 Å². The molecule has 23 heavy (non-hydrogen) atoms. The maximum Gasteiger partial charge on any atom is 0.162 e. The Labute approximate surface area is 136 Å². The van der Waals surface area contributed by atoms with E-state index < -0.39 is 31.6 Å². The van der Waals surface area contributed by atoms with Crippen LogP contribution in [-0.4, -0.2) is 19.4 Å². The van der Waals surface area contributed by atoms with Crippen LogP contribution in [0, 0.1) is 24.5 Å². The van der Waals surface area contributed by atoms with E-state index in [2.05, 4.69) is 6.58 Å². The molecule has 1 aromatic rings. The minimum absolute atomic E-state index is 0.135. The molecule has 0 spiro atoms. The highest BCUT2D eigenvalue weighted by Gasteiger charge is 2.67. The van der Waals surface area contributed by atoms with Gasteiger partial charge in [0.2, 0.25) is 0 Å². The molecule has 0 aromatic heterocycles. The van der Waals surface area contributed by atoms with Crippen LogP contribution in [0.3, 0.4) is 0 Å². The Hall–Kier alpha value is -1.43. The maximum atomic E-state index is 14.3. The number of rotatable bonds is 5. The summed E-state index contributed by atoms with van der Waals surface area (Å²) in [7, 11) is -3.42. The minimum Gasteiger partial charge on any atom is -0.402 e. The first-order valence-corrected chi connectivity index (χ1v) is 9.31. The first-order valence-electron chi connectivity index (χ1n) is 7.42. The van der Waals surface area contributed by atoms with Gasteiger partial charge in [0.1, 0.15) is 0 Å². The molecule has 0 aliphatic heterocycles. The highest BCUT2D eigenvalue weighted by molar-refractivity contribution is 7.92.